The Morgan fingerprint density at radius 3 is 2.50 bits per heavy atom. The Morgan fingerprint density at radius 1 is 1.23 bits per heavy atom. The zero-order chi connectivity index (χ0) is 15.9. The number of nitrogens with one attached hydrogen (secondary N) is 2. The summed E-state index contributed by atoms with van der Waals surface area (Å²) >= 11 is 0. The summed E-state index contributed by atoms with van der Waals surface area (Å²) in [6, 6.07) is 3.47. The van der Waals surface area contributed by atoms with Crippen LogP contribution in [0.25, 0.3) is 0 Å². The summed E-state index contributed by atoms with van der Waals surface area (Å²) in [5, 5.41) is 15.1. The Morgan fingerprint density at radius 2 is 1.91 bits per heavy atom. The van der Waals surface area contributed by atoms with E-state index in [0.717, 1.165) is 25.7 Å². The lowest BCUT2D eigenvalue weighted by atomic mass is 10.1. The van der Waals surface area contributed by atoms with Crippen molar-refractivity contribution in [1.82, 2.24) is 10.6 Å². The lowest BCUT2D eigenvalue weighted by Crippen LogP contribution is -2.45. The largest absolute Gasteiger partial charge is 0.464 e. The number of aryl methyl sites for hydroxylation is 1. The van der Waals surface area contributed by atoms with Gasteiger partial charge in [0.1, 0.15) is 17.6 Å². The van der Waals surface area contributed by atoms with Gasteiger partial charge < -0.3 is 20.2 Å². The molecule has 6 nitrogen and oxygen atoms in total. The van der Waals surface area contributed by atoms with E-state index in [1.54, 1.807) is 19.1 Å². The third-order valence-corrected chi connectivity index (χ3v) is 3.94. The highest BCUT2D eigenvalue weighted by atomic mass is 16.4. The molecule has 0 bridgehead atoms. The van der Waals surface area contributed by atoms with Gasteiger partial charge in [0, 0.05) is 6.04 Å². The highest BCUT2D eigenvalue weighted by molar-refractivity contribution is 6.35. The van der Waals surface area contributed by atoms with Crippen LogP contribution in [0.2, 0.25) is 0 Å². The first kappa shape index (κ1) is 16.5. The second-order valence-electron chi connectivity index (χ2n) is 5.84. The third-order valence-electron chi connectivity index (χ3n) is 3.94. The van der Waals surface area contributed by atoms with Crippen LogP contribution >= 0.6 is 0 Å². The zero-order valence-electron chi connectivity index (χ0n) is 12.9. The molecule has 1 aliphatic rings. The Labute approximate surface area is 130 Å². The van der Waals surface area contributed by atoms with E-state index < -0.39 is 17.9 Å². The minimum atomic E-state index is -0.955. The van der Waals surface area contributed by atoms with Crippen LogP contribution in [0, 0.1) is 6.92 Å². The predicted octanol–water partition coefficient (Wildman–Crippen LogP) is 1.58. The van der Waals surface area contributed by atoms with E-state index in [2.05, 4.69) is 10.6 Å². The van der Waals surface area contributed by atoms with E-state index in [1.165, 1.54) is 12.8 Å². The lowest BCUT2D eigenvalue weighted by molar-refractivity contribution is -0.140. The summed E-state index contributed by atoms with van der Waals surface area (Å²) < 4.78 is 5.27. The lowest BCUT2D eigenvalue weighted by Gasteiger charge is -2.16. The number of carbonyl (C=O) groups is 2. The summed E-state index contributed by atoms with van der Waals surface area (Å²) in [5.74, 6) is -0.283. The van der Waals surface area contributed by atoms with Crippen LogP contribution in [0.4, 0.5) is 0 Å². The molecule has 1 aromatic heterocycles. The van der Waals surface area contributed by atoms with E-state index in [-0.39, 0.29) is 12.6 Å². The number of rotatable bonds is 4. The van der Waals surface area contributed by atoms with Crippen LogP contribution < -0.4 is 10.6 Å². The van der Waals surface area contributed by atoms with Gasteiger partial charge in [-0.05, 0) is 31.9 Å². The van der Waals surface area contributed by atoms with Gasteiger partial charge in [-0.25, -0.2) is 0 Å². The van der Waals surface area contributed by atoms with Gasteiger partial charge in [0.2, 0.25) is 0 Å². The van der Waals surface area contributed by atoms with Crippen molar-refractivity contribution in [3.05, 3.63) is 23.7 Å². The maximum Gasteiger partial charge on any atom is 0.309 e. The third kappa shape index (κ3) is 4.87. The second-order valence-corrected chi connectivity index (χ2v) is 5.84. The molecule has 1 fully saturated rings. The highest BCUT2D eigenvalue weighted by Crippen LogP contribution is 2.17. The smallest absolute Gasteiger partial charge is 0.309 e. The Bertz CT molecular complexity index is 504. The van der Waals surface area contributed by atoms with Crippen molar-refractivity contribution in [2.45, 2.75) is 57.6 Å². The molecule has 122 valence electrons. The minimum Gasteiger partial charge on any atom is -0.464 e. The van der Waals surface area contributed by atoms with Gasteiger partial charge in [-0.1, -0.05) is 25.7 Å². The normalized spacial score (nSPS) is 17.5. The number of carbonyl (C=O) groups excluding carboxylic acids is 2. The zero-order valence-corrected chi connectivity index (χ0v) is 12.9. The molecule has 1 saturated carbocycles. The molecule has 0 saturated heterocycles. The fourth-order valence-corrected chi connectivity index (χ4v) is 2.68. The highest BCUT2D eigenvalue weighted by Gasteiger charge is 2.21. The van der Waals surface area contributed by atoms with E-state index in [9.17, 15) is 14.7 Å². The van der Waals surface area contributed by atoms with Crippen molar-refractivity contribution >= 4 is 11.8 Å². The van der Waals surface area contributed by atoms with Crippen LogP contribution in [0.15, 0.2) is 16.5 Å². The van der Waals surface area contributed by atoms with Crippen molar-refractivity contribution < 1.29 is 19.1 Å². The summed E-state index contributed by atoms with van der Waals surface area (Å²) in [4.78, 5) is 23.6. The Kier molecular flexibility index (Phi) is 6.00. The first-order chi connectivity index (χ1) is 10.6. The average Bonchev–Trinajstić information content (AvgIpc) is 2.77. The number of aliphatic hydroxyl groups excluding tert-OH is 1. The van der Waals surface area contributed by atoms with Crippen LogP contribution in [0.1, 0.15) is 56.1 Å². The SMILES string of the molecule is Cc1ccc(C(O)CNC(=O)C(=O)NC2CCCCCC2)o1. The molecule has 0 aromatic carbocycles. The van der Waals surface area contributed by atoms with Gasteiger partial charge in [0.15, 0.2) is 0 Å². The monoisotopic (exact) mass is 308 g/mol. The molecule has 1 atom stereocenters. The maximum atomic E-state index is 11.8. The topological polar surface area (TPSA) is 91.6 Å². The number of furan rings is 1. The van der Waals surface area contributed by atoms with Gasteiger partial charge in [0.05, 0.1) is 6.54 Å². The van der Waals surface area contributed by atoms with Gasteiger partial charge >= 0.3 is 11.8 Å². The predicted molar refractivity (Wildman–Crippen MR) is 81.0 cm³/mol. The summed E-state index contributed by atoms with van der Waals surface area (Å²) in [7, 11) is 0. The van der Waals surface area contributed by atoms with Gasteiger partial charge in [0.25, 0.3) is 0 Å². The quantitative estimate of drug-likeness (QED) is 0.581. The second kappa shape index (κ2) is 7.98. The standard InChI is InChI=1S/C16H24N2O4/c1-11-8-9-14(22-11)13(19)10-17-15(20)16(21)18-12-6-4-2-3-5-7-12/h8-9,12-13,19H,2-7,10H2,1H3,(H,17,20)(H,18,21). The molecule has 0 spiro atoms. The molecular weight excluding hydrogens is 284 g/mol. The molecule has 1 aromatic rings. The Balaban J connectivity index is 1.75. The fraction of sp³-hybridized carbons (Fsp3) is 0.625. The van der Waals surface area contributed by atoms with E-state index in [4.69, 9.17) is 4.42 Å². The van der Waals surface area contributed by atoms with Crippen molar-refractivity contribution in [2.24, 2.45) is 0 Å². The molecule has 1 unspecified atom stereocenters. The first-order valence-electron chi connectivity index (χ1n) is 7.89. The van der Waals surface area contributed by atoms with E-state index >= 15 is 0 Å². The van der Waals surface area contributed by atoms with Crippen molar-refractivity contribution in [1.29, 1.82) is 0 Å². The molecule has 0 radical (unpaired) electrons. The number of hydrogen-bond acceptors (Lipinski definition) is 4. The van der Waals surface area contributed by atoms with Crippen LogP contribution in [-0.4, -0.2) is 29.5 Å². The van der Waals surface area contributed by atoms with Crippen LogP contribution in [0.3, 0.4) is 0 Å². The minimum absolute atomic E-state index is 0.0517. The molecular formula is C16H24N2O4. The van der Waals surface area contributed by atoms with E-state index in [1.807, 2.05) is 0 Å². The molecule has 0 aliphatic heterocycles. The number of hydrogen-bond donors (Lipinski definition) is 3. The van der Waals surface area contributed by atoms with Crippen molar-refractivity contribution in [2.75, 3.05) is 6.54 Å². The first-order valence-corrected chi connectivity index (χ1v) is 7.89. The molecule has 1 heterocycles. The Hall–Kier alpha value is -1.82. The van der Waals surface area contributed by atoms with Gasteiger partial charge in [-0.2, -0.15) is 0 Å². The molecule has 6 heteroatoms. The van der Waals surface area contributed by atoms with Crippen LogP contribution in [-0.2, 0) is 9.59 Å². The molecule has 2 rings (SSSR count). The number of amides is 2. The average molecular weight is 308 g/mol. The number of aliphatic hydroxyl groups is 1. The van der Waals surface area contributed by atoms with Gasteiger partial charge in [-0.3, -0.25) is 9.59 Å². The summed E-state index contributed by atoms with van der Waals surface area (Å²) in [5.41, 5.74) is 0. The molecule has 3 N–H and O–H groups in total. The van der Waals surface area contributed by atoms with Gasteiger partial charge in [-0.15, -0.1) is 0 Å². The molecule has 22 heavy (non-hydrogen) atoms. The summed E-state index contributed by atoms with van der Waals surface area (Å²) in [6.45, 7) is 1.72. The molecule has 1 aliphatic carbocycles. The van der Waals surface area contributed by atoms with E-state index in [0.29, 0.717) is 11.5 Å². The van der Waals surface area contributed by atoms with Crippen molar-refractivity contribution in [3.63, 3.8) is 0 Å². The van der Waals surface area contributed by atoms with Crippen molar-refractivity contribution in [3.8, 4) is 0 Å². The van der Waals surface area contributed by atoms with Crippen LogP contribution in [0.5, 0.6) is 0 Å². The fourth-order valence-electron chi connectivity index (χ4n) is 2.68. The summed E-state index contributed by atoms with van der Waals surface area (Å²) in [6.07, 6.45) is 5.44. The maximum absolute atomic E-state index is 11.8. The molecule has 2 amide bonds.